The fourth-order valence-corrected chi connectivity index (χ4v) is 2.71. The minimum absolute atomic E-state index is 0.516. The summed E-state index contributed by atoms with van der Waals surface area (Å²) in [6.07, 6.45) is 5.21. The summed E-state index contributed by atoms with van der Waals surface area (Å²) in [4.78, 5) is 0. The Labute approximate surface area is 96.2 Å². The highest BCUT2D eigenvalue weighted by molar-refractivity contribution is 7.98. The molecule has 0 N–H and O–H groups in total. The van der Waals surface area contributed by atoms with Crippen molar-refractivity contribution in [3.8, 4) is 0 Å². The molecule has 0 heterocycles. The number of thioether (sulfide) groups is 1. The molecule has 0 aromatic heterocycles. The number of hydrogen-bond donors (Lipinski definition) is 0. The zero-order chi connectivity index (χ0) is 10.5. The van der Waals surface area contributed by atoms with Gasteiger partial charge in [0.25, 0.3) is 0 Å². The zero-order valence-corrected chi connectivity index (χ0v) is 10.0. The Morgan fingerprint density at radius 2 is 2.00 bits per heavy atom. The first-order chi connectivity index (χ1) is 7.38. The first-order valence-electron chi connectivity index (χ1n) is 5.53. The van der Waals surface area contributed by atoms with Gasteiger partial charge in [-0.25, -0.2) is 0 Å². The molecule has 1 nitrogen and oxygen atoms in total. The summed E-state index contributed by atoms with van der Waals surface area (Å²) in [7, 11) is 0. The Bertz CT molecular complexity index is 280. The van der Waals surface area contributed by atoms with E-state index >= 15 is 0 Å². The van der Waals surface area contributed by atoms with Crippen molar-refractivity contribution in [2.24, 2.45) is 5.92 Å². The molecular formula is C13H18OS. The highest BCUT2D eigenvalue weighted by Gasteiger charge is 2.28. The Morgan fingerprint density at radius 3 is 2.67 bits per heavy atom. The molecule has 1 aliphatic carbocycles. The second-order valence-corrected chi connectivity index (χ2v) is 5.12. The largest absolute Gasteiger partial charge is 0.374 e. The van der Waals surface area contributed by atoms with Crippen LogP contribution in [-0.2, 0) is 11.3 Å². The summed E-state index contributed by atoms with van der Waals surface area (Å²) in [5.41, 5.74) is 1.28. The van der Waals surface area contributed by atoms with Crippen molar-refractivity contribution in [3.63, 3.8) is 0 Å². The average molecular weight is 222 g/mol. The fourth-order valence-electron chi connectivity index (χ4n) is 1.97. The van der Waals surface area contributed by atoms with E-state index in [-0.39, 0.29) is 0 Å². The molecular weight excluding hydrogens is 204 g/mol. The lowest BCUT2D eigenvalue weighted by atomic mass is 9.84. The molecule has 1 saturated carbocycles. The Hall–Kier alpha value is -0.470. The molecule has 0 amide bonds. The SMILES string of the molecule is CSCC1CC(OCc2ccccc2)C1. The predicted molar refractivity (Wildman–Crippen MR) is 66.1 cm³/mol. The standard InChI is InChI=1S/C13H18OS/c1-15-10-12-7-13(8-12)14-9-11-5-3-2-4-6-11/h2-6,12-13H,7-10H2,1H3. The van der Waals surface area contributed by atoms with Gasteiger partial charge in [-0.2, -0.15) is 11.8 Å². The number of ether oxygens (including phenoxy) is 1. The van der Waals surface area contributed by atoms with Crippen molar-refractivity contribution < 1.29 is 4.74 Å². The molecule has 0 saturated heterocycles. The average Bonchev–Trinajstić information content (AvgIpc) is 2.23. The van der Waals surface area contributed by atoms with E-state index in [0.717, 1.165) is 12.5 Å². The lowest BCUT2D eigenvalue weighted by Crippen LogP contribution is -2.32. The Morgan fingerprint density at radius 1 is 1.27 bits per heavy atom. The molecule has 0 spiro atoms. The van der Waals surface area contributed by atoms with Crippen LogP contribution in [0.4, 0.5) is 0 Å². The Kier molecular flexibility index (Phi) is 4.09. The van der Waals surface area contributed by atoms with E-state index in [2.05, 4.69) is 30.5 Å². The molecule has 1 fully saturated rings. The van der Waals surface area contributed by atoms with Gasteiger partial charge < -0.3 is 4.74 Å². The molecule has 2 heteroatoms. The number of rotatable bonds is 5. The van der Waals surface area contributed by atoms with Crippen LogP contribution in [0, 0.1) is 5.92 Å². The molecule has 0 bridgehead atoms. The molecule has 2 rings (SSSR count). The van der Waals surface area contributed by atoms with Crippen molar-refractivity contribution in [3.05, 3.63) is 35.9 Å². The van der Waals surface area contributed by atoms with Crippen LogP contribution >= 0.6 is 11.8 Å². The van der Waals surface area contributed by atoms with Crippen molar-refractivity contribution in [2.45, 2.75) is 25.6 Å². The summed E-state index contributed by atoms with van der Waals surface area (Å²) >= 11 is 1.95. The second-order valence-electron chi connectivity index (χ2n) is 4.21. The molecule has 0 unspecified atom stereocenters. The quantitative estimate of drug-likeness (QED) is 0.755. The van der Waals surface area contributed by atoms with Gasteiger partial charge >= 0.3 is 0 Å². The molecule has 1 aromatic carbocycles. The smallest absolute Gasteiger partial charge is 0.0720 e. The summed E-state index contributed by atoms with van der Waals surface area (Å²) in [5, 5.41) is 0. The molecule has 15 heavy (non-hydrogen) atoms. The van der Waals surface area contributed by atoms with Crippen LogP contribution in [0.25, 0.3) is 0 Å². The van der Waals surface area contributed by atoms with Crippen LogP contribution in [0.1, 0.15) is 18.4 Å². The first kappa shape index (κ1) is 11.0. The van der Waals surface area contributed by atoms with Gasteiger partial charge in [0, 0.05) is 0 Å². The van der Waals surface area contributed by atoms with E-state index in [9.17, 15) is 0 Å². The zero-order valence-electron chi connectivity index (χ0n) is 9.19. The molecule has 82 valence electrons. The highest BCUT2D eigenvalue weighted by Crippen LogP contribution is 2.32. The normalized spacial score (nSPS) is 24.9. The van der Waals surface area contributed by atoms with E-state index in [4.69, 9.17) is 4.74 Å². The van der Waals surface area contributed by atoms with Crippen LogP contribution in [0.15, 0.2) is 30.3 Å². The molecule has 0 aliphatic heterocycles. The summed E-state index contributed by atoms with van der Waals surface area (Å²) in [6.45, 7) is 0.775. The predicted octanol–water partition coefficient (Wildman–Crippen LogP) is 3.34. The summed E-state index contributed by atoms with van der Waals surface area (Å²) in [6, 6.07) is 10.4. The van der Waals surface area contributed by atoms with E-state index in [1.807, 2.05) is 17.8 Å². The third-order valence-corrected chi connectivity index (χ3v) is 3.73. The number of hydrogen-bond acceptors (Lipinski definition) is 2. The van der Waals surface area contributed by atoms with E-state index < -0.39 is 0 Å². The van der Waals surface area contributed by atoms with Gasteiger partial charge in [-0.3, -0.25) is 0 Å². The molecule has 0 atom stereocenters. The van der Waals surface area contributed by atoms with Crippen molar-refractivity contribution in [2.75, 3.05) is 12.0 Å². The molecule has 0 radical (unpaired) electrons. The third kappa shape index (κ3) is 3.25. The topological polar surface area (TPSA) is 9.23 Å². The van der Waals surface area contributed by atoms with Gasteiger partial charge in [0.05, 0.1) is 12.7 Å². The van der Waals surface area contributed by atoms with Crippen LogP contribution in [0.3, 0.4) is 0 Å². The van der Waals surface area contributed by atoms with Crippen molar-refractivity contribution >= 4 is 11.8 Å². The lowest BCUT2D eigenvalue weighted by molar-refractivity contribution is -0.0339. The van der Waals surface area contributed by atoms with Crippen molar-refractivity contribution in [1.82, 2.24) is 0 Å². The van der Waals surface area contributed by atoms with Gasteiger partial charge in [0.2, 0.25) is 0 Å². The highest BCUT2D eigenvalue weighted by atomic mass is 32.2. The minimum Gasteiger partial charge on any atom is -0.374 e. The van der Waals surface area contributed by atoms with Gasteiger partial charge in [-0.1, -0.05) is 30.3 Å². The first-order valence-corrected chi connectivity index (χ1v) is 6.92. The molecule has 1 aromatic rings. The van der Waals surface area contributed by atoms with Gasteiger partial charge in [-0.15, -0.1) is 0 Å². The van der Waals surface area contributed by atoms with Crippen LogP contribution in [0.5, 0.6) is 0 Å². The minimum atomic E-state index is 0.516. The van der Waals surface area contributed by atoms with Gasteiger partial charge in [-0.05, 0) is 36.3 Å². The van der Waals surface area contributed by atoms with E-state index in [1.54, 1.807) is 0 Å². The van der Waals surface area contributed by atoms with E-state index in [1.165, 1.54) is 24.2 Å². The monoisotopic (exact) mass is 222 g/mol. The van der Waals surface area contributed by atoms with Crippen LogP contribution in [0.2, 0.25) is 0 Å². The lowest BCUT2D eigenvalue weighted by Gasteiger charge is -2.34. The van der Waals surface area contributed by atoms with Crippen LogP contribution in [-0.4, -0.2) is 18.1 Å². The maximum absolute atomic E-state index is 5.83. The fraction of sp³-hybridized carbons (Fsp3) is 0.538. The maximum atomic E-state index is 5.83. The number of benzene rings is 1. The van der Waals surface area contributed by atoms with Crippen molar-refractivity contribution in [1.29, 1.82) is 0 Å². The third-order valence-electron chi connectivity index (χ3n) is 2.92. The molecule has 1 aliphatic rings. The summed E-state index contributed by atoms with van der Waals surface area (Å²) < 4.78 is 5.83. The van der Waals surface area contributed by atoms with Crippen LogP contribution < -0.4 is 0 Å². The second kappa shape index (κ2) is 5.57. The van der Waals surface area contributed by atoms with Gasteiger partial charge in [0.1, 0.15) is 0 Å². The van der Waals surface area contributed by atoms with Gasteiger partial charge in [0.15, 0.2) is 0 Å². The summed E-state index contributed by atoms with van der Waals surface area (Å²) in [5.74, 6) is 2.20. The Balaban J connectivity index is 1.64. The van der Waals surface area contributed by atoms with E-state index in [0.29, 0.717) is 6.10 Å². The maximum Gasteiger partial charge on any atom is 0.0720 e.